The highest BCUT2D eigenvalue weighted by Gasteiger charge is 2.12. The van der Waals surface area contributed by atoms with Gasteiger partial charge in [0.1, 0.15) is 0 Å². The lowest BCUT2D eigenvalue weighted by molar-refractivity contribution is 0.354. The highest BCUT2D eigenvalue weighted by Crippen LogP contribution is 2.37. The maximum Gasteiger partial charge on any atom is 0.179 e. The van der Waals surface area contributed by atoms with Gasteiger partial charge in [-0.2, -0.15) is 0 Å². The first-order valence-corrected chi connectivity index (χ1v) is 7.05. The Morgan fingerprint density at radius 1 is 1.26 bits per heavy atom. The van der Waals surface area contributed by atoms with Gasteiger partial charge in [-0.05, 0) is 11.6 Å². The summed E-state index contributed by atoms with van der Waals surface area (Å²) in [6.07, 6.45) is 0. The molecular weight excluding hydrogens is 284 g/mol. The van der Waals surface area contributed by atoms with Crippen LogP contribution in [0.3, 0.4) is 0 Å². The van der Waals surface area contributed by atoms with Gasteiger partial charge >= 0.3 is 0 Å². The molecule has 0 atom stereocenters. The summed E-state index contributed by atoms with van der Waals surface area (Å²) in [5, 5.41) is 5.89. The first-order chi connectivity index (χ1) is 9.26. The van der Waals surface area contributed by atoms with Gasteiger partial charge < -0.3 is 14.8 Å². The third-order valence-corrected chi connectivity index (χ3v) is 3.72. The molecule has 102 valence electrons. The fourth-order valence-corrected chi connectivity index (χ4v) is 2.58. The second kappa shape index (κ2) is 6.75. The quantitative estimate of drug-likeness (QED) is 0.890. The second-order valence-electron chi connectivity index (χ2n) is 3.86. The van der Waals surface area contributed by atoms with E-state index in [0.29, 0.717) is 29.6 Å². The van der Waals surface area contributed by atoms with Crippen molar-refractivity contribution in [1.29, 1.82) is 0 Å². The lowest BCUT2D eigenvalue weighted by Gasteiger charge is -2.13. The number of hydrogen-bond acceptors (Lipinski definition) is 5. The van der Waals surface area contributed by atoms with Gasteiger partial charge in [-0.1, -0.05) is 17.7 Å². The predicted molar refractivity (Wildman–Crippen MR) is 77.2 cm³/mol. The third kappa shape index (κ3) is 3.37. The fourth-order valence-electron chi connectivity index (χ4n) is 1.72. The van der Waals surface area contributed by atoms with Crippen molar-refractivity contribution in [1.82, 2.24) is 10.3 Å². The van der Waals surface area contributed by atoms with E-state index in [9.17, 15) is 0 Å². The van der Waals surface area contributed by atoms with Crippen LogP contribution in [0, 0.1) is 0 Å². The maximum absolute atomic E-state index is 6.29. The summed E-state index contributed by atoms with van der Waals surface area (Å²) in [6.45, 7) is 1.37. The van der Waals surface area contributed by atoms with Crippen molar-refractivity contribution < 1.29 is 9.47 Å². The van der Waals surface area contributed by atoms with E-state index in [-0.39, 0.29) is 0 Å². The zero-order chi connectivity index (χ0) is 13.7. The molecule has 19 heavy (non-hydrogen) atoms. The molecule has 0 spiro atoms. The molecule has 2 aromatic rings. The van der Waals surface area contributed by atoms with Crippen molar-refractivity contribution in [2.24, 2.45) is 0 Å². The number of rotatable bonds is 6. The Bertz CT molecular complexity index is 532. The van der Waals surface area contributed by atoms with Gasteiger partial charge in [0.05, 0.1) is 30.4 Å². The van der Waals surface area contributed by atoms with Gasteiger partial charge in [0.15, 0.2) is 11.5 Å². The average Bonchev–Trinajstić information content (AvgIpc) is 2.93. The summed E-state index contributed by atoms with van der Waals surface area (Å²) >= 11 is 7.88. The molecule has 0 amide bonds. The van der Waals surface area contributed by atoms with Crippen LogP contribution in [0.2, 0.25) is 5.02 Å². The molecule has 0 unspecified atom stereocenters. The molecule has 6 heteroatoms. The second-order valence-corrected chi connectivity index (χ2v) is 4.95. The van der Waals surface area contributed by atoms with Crippen LogP contribution in [0.5, 0.6) is 11.5 Å². The van der Waals surface area contributed by atoms with Crippen molar-refractivity contribution in [3.05, 3.63) is 39.3 Å². The van der Waals surface area contributed by atoms with Crippen molar-refractivity contribution in [3.8, 4) is 11.5 Å². The van der Waals surface area contributed by atoms with E-state index in [4.69, 9.17) is 21.1 Å². The summed E-state index contributed by atoms with van der Waals surface area (Å²) in [4.78, 5) is 4.21. The van der Waals surface area contributed by atoms with Crippen LogP contribution in [0.4, 0.5) is 0 Å². The normalized spacial score (nSPS) is 10.5. The van der Waals surface area contributed by atoms with Gasteiger partial charge in [-0.3, -0.25) is 0 Å². The number of benzene rings is 1. The number of thiazole rings is 1. The lowest BCUT2D eigenvalue weighted by Crippen LogP contribution is -2.13. The van der Waals surface area contributed by atoms with Crippen LogP contribution in [-0.4, -0.2) is 19.2 Å². The lowest BCUT2D eigenvalue weighted by atomic mass is 10.2. The first kappa shape index (κ1) is 14.1. The van der Waals surface area contributed by atoms with Crippen molar-refractivity contribution in [2.45, 2.75) is 13.1 Å². The smallest absolute Gasteiger partial charge is 0.179 e. The number of nitrogens with zero attached hydrogens (tertiary/aromatic N) is 1. The van der Waals surface area contributed by atoms with Gasteiger partial charge in [0.2, 0.25) is 0 Å². The number of aromatic nitrogens is 1. The minimum absolute atomic E-state index is 0.567. The molecule has 4 nitrogen and oxygen atoms in total. The van der Waals surface area contributed by atoms with Crippen molar-refractivity contribution in [3.63, 3.8) is 0 Å². The molecule has 1 aromatic heterocycles. The van der Waals surface area contributed by atoms with E-state index in [1.165, 1.54) is 0 Å². The molecule has 2 rings (SSSR count). The number of hydrogen-bond donors (Lipinski definition) is 1. The van der Waals surface area contributed by atoms with Crippen LogP contribution >= 0.6 is 22.9 Å². The van der Waals surface area contributed by atoms with Gasteiger partial charge in [0, 0.05) is 18.5 Å². The molecule has 0 aliphatic heterocycles. The molecule has 0 radical (unpaired) electrons. The highest BCUT2D eigenvalue weighted by atomic mass is 35.5. The molecular formula is C13H15ClN2O2S. The predicted octanol–water partition coefficient (Wildman–Crippen LogP) is 3.10. The summed E-state index contributed by atoms with van der Waals surface area (Å²) in [5.41, 5.74) is 3.82. The van der Waals surface area contributed by atoms with Crippen LogP contribution in [0.1, 0.15) is 11.3 Å². The summed E-state index contributed by atoms with van der Waals surface area (Å²) < 4.78 is 10.5. The SMILES string of the molecule is COc1ccc(CNCc2cscn2)c(Cl)c1OC. The van der Waals surface area contributed by atoms with Crippen LogP contribution in [-0.2, 0) is 13.1 Å². The Labute approximate surface area is 121 Å². The minimum atomic E-state index is 0.567. The fraction of sp³-hybridized carbons (Fsp3) is 0.308. The summed E-state index contributed by atoms with van der Waals surface area (Å²) in [7, 11) is 3.17. The molecule has 0 saturated carbocycles. The molecule has 0 bridgehead atoms. The molecule has 1 heterocycles. The Kier molecular flexibility index (Phi) is 5.01. The van der Waals surface area contributed by atoms with E-state index in [0.717, 1.165) is 11.3 Å². The number of methoxy groups -OCH3 is 2. The minimum Gasteiger partial charge on any atom is -0.493 e. The summed E-state index contributed by atoms with van der Waals surface area (Å²) in [5.74, 6) is 1.20. The topological polar surface area (TPSA) is 43.4 Å². The number of ether oxygens (including phenoxy) is 2. The molecule has 1 N–H and O–H groups in total. The molecule has 1 aromatic carbocycles. The van der Waals surface area contributed by atoms with E-state index in [1.807, 2.05) is 23.0 Å². The Balaban J connectivity index is 2.04. The highest BCUT2D eigenvalue weighted by molar-refractivity contribution is 7.07. The van der Waals surface area contributed by atoms with Crippen LogP contribution in [0.25, 0.3) is 0 Å². The summed E-state index contributed by atoms with van der Waals surface area (Å²) in [6, 6.07) is 3.78. The van der Waals surface area contributed by atoms with E-state index in [2.05, 4.69) is 10.3 Å². The molecule has 0 aliphatic carbocycles. The van der Waals surface area contributed by atoms with E-state index in [1.54, 1.807) is 25.6 Å². The zero-order valence-corrected chi connectivity index (χ0v) is 12.3. The largest absolute Gasteiger partial charge is 0.493 e. The van der Waals surface area contributed by atoms with Gasteiger partial charge in [0.25, 0.3) is 0 Å². The Morgan fingerprint density at radius 2 is 2.11 bits per heavy atom. The van der Waals surface area contributed by atoms with Gasteiger partial charge in [-0.25, -0.2) is 4.98 Å². The van der Waals surface area contributed by atoms with E-state index >= 15 is 0 Å². The Hall–Kier alpha value is -1.30. The number of halogens is 1. The maximum atomic E-state index is 6.29. The van der Waals surface area contributed by atoms with Crippen molar-refractivity contribution in [2.75, 3.05) is 14.2 Å². The molecule has 0 saturated heterocycles. The Morgan fingerprint density at radius 3 is 2.74 bits per heavy atom. The zero-order valence-electron chi connectivity index (χ0n) is 10.8. The average molecular weight is 299 g/mol. The van der Waals surface area contributed by atoms with Crippen LogP contribution < -0.4 is 14.8 Å². The number of nitrogens with one attached hydrogen (secondary N) is 1. The van der Waals surface area contributed by atoms with Gasteiger partial charge in [-0.15, -0.1) is 11.3 Å². The first-order valence-electron chi connectivity index (χ1n) is 5.73. The molecule has 0 fully saturated rings. The third-order valence-electron chi connectivity index (χ3n) is 2.67. The van der Waals surface area contributed by atoms with Crippen LogP contribution in [0.15, 0.2) is 23.0 Å². The van der Waals surface area contributed by atoms with E-state index < -0.39 is 0 Å². The standard InChI is InChI=1S/C13H15ClN2O2S/c1-17-11-4-3-9(12(14)13(11)18-2)5-15-6-10-7-19-8-16-10/h3-4,7-8,15H,5-6H2,1-2H3. The monoisotopic (exact) mass is 298 g/mol. The van der Waals surface area contributed by atoms with Crippen molar-refractivity contribution >= 4 is 22.9 Å². The molecule has 0 aliphatic rings.